The molecule has 0 unspecified atom stereocenters. The molecule has 2 aromatic rings. The van der Waals surface area contributed by atoms with Crippen LogP contribution in [0.25, 0.3) is 6.08 Å². The SMILES string of the molecule is COc1ccc(/C=C/C(=O)Oc2cccc(CO[N+](=O)[O-])c2)cc1OC. The summed E-state index contributed by atoms with van der Waals surface area (Å²) >= 11 is 0. The van der Waals surface area contributed by atoms with Crippen LogP contribution in [0.5, 0.6) is 17.2 Å². The molecule has 0 saturated heterocycles. The van der Waals surface area contributed by atoms with Crippen LogP contribution >= 0.6 is 0 Å². The molecule has 0 radical (unpaired) electrons. The lowest BCUT2D eigenvalue weighted by atomic mass is 10.2. The van der Waals surface area contributed by atoms with Gasteiger partial charge < -0.3 is 19.0 Å². The summed E-state index contributed by atoms with van der Waals surface area (Å²) in [4.78, 5) is 26.4. The summed E-state index contributed by atoms with van der Waals surface area (Å²) in [6.07, 6.45) is 2.84. The maximum atomic E-state index is 11.9. The first-order valence-electron chi connectivity index (χ1n) is 7.50. The minimum absolute atomic E-state index is 0.222. The van der Waals surface area contributed by atoms with Crippen molar-refractivity contribution in [3.05, 3.63) is 69.8 Å². The Kier molecular flexibility index (Phi) is 6.55. The molecule has 0 spiro atoms. The van der Waals surface area contributed by atoms with Crippen LogP contribution in [0.4, 0.5) is 0 Å². The molecule has 0 aliphatic rings. The lowest BCUT2D eigenvalue weighted by Crippen LogP contribution is -2.05. The second-order valence-electron chi connectivity index (χ2n) is 5.01. The molecule has 0 aromatic heterocycles. The van der Waals surface area contributed by atoms with Crippen molar-refractivity contribution >= 4 is 12.0 Å². The van der Waals surface area contributed by atoms with Crippen molar-refractivity contribution in [2.45, 2.75) is 6.61 Å². The average Bonchev–Trinajstić information content (AvgIpc) is 2.64. The number of ether oxygens (including phenoxy) is 3. The summed E-state index contributed by atoms with van der Waals surface area (Å²) in [6, 6.07) is 11.5. The lowest BCUT2D eigenvalue weighted by molar-refractivity contribution is -0.763. The number of esters is 1. The smallest absolute Gasteiger partial charge is 0.336 e. The van der Waals surface area contributed by atoms with Crippen LogP contribution in [-0.4, -0.2) is 25.3 Å². The highest BCUT2D eigenvalue weighted by molar-refractivity contribution is 5.88. The highest BCUT2D eigenvalue weighted by Crippen LogP contribution is 2.28. The molecule has 136 valence electrons. The summed E-state index contributed by atoms with van der Waals surface area (Å²) in [6.45, 7) is -0.222. The molecule has 0 aliphatic heterocycles. The molecule has 0 atom stereocenters. The third-order valence-electron chi connectivity index (χ3n) is 3.27. The van der Waals surface area contributed by atoms with Gasteiger partial charge in [0.1, 0.15) is 12.4 Å². The highest BCUT2D eigenvalue weighted by atomic mass is 16.9. The molecule has 0 heterocycles. The average molecular weight is 359 g/mol. The van der Waals surface area contributed by atoms with Crippen molar-refractivity contribution in [3.63, 3.8) is 0 Å². The molecule has 8 nitrogen and oxygen atoms in total. The second kappa shape index (κ2) is 9.07. The van der Waals surface area contributed by atoms with Crippen LogP contribution in [0.1, 0.15) is 11.1 Å². The Morgan fingerprint density at radius 1 is 1.12 bits per heavy atom. The van der Waals surface area contributed by atoms with E-state index < -0.39 is 11.1 Å². The summed E-state index contributed by atoms with van der Waals surface area (Å²) in [5.41, 5.74) is 1.24. The fourth-order valence-corrected chi connectivity index (χ4v) is 2.10. The molecule has 8 heteroatoms. The van der Waals surface area contributed by atoms with Gasteiger partial charge in [-0.05, 0) is 41.5 Å². The number of benzene rings is 2. The monoisotopic (exact) mass is 359 g/mol. The van der Waals surface area contributed by atoms with Crippen LogP contribution < -0.4 is 14.2 Å². The van der Waals surface area contributed by atoms with E-state index in [1.807, 2.05) is 0 Å². The molecule has 2 rings (SSSR count). The number of nitrogens with zero attached hydrogens (tertiary/aromatic N) is 1. The number of hydrogen-bond acceptors (Lipinski definition) is 7. The van der Waals surface area contributed by atoms with E-state index >= 15 is 0 Å². The Balaban J connectivity index is 2.01. The van der Waals surface area contributed by atoms with E-state index in [4.69, 9.17) is 14.2 Å². The van der Waals surface area contributed by atoms with Crippen molar-refractivity contribution < 1.29 is 28.9 Å². The first kappa shape index (κ1) is 18.8. The van der Waals surface area contributed by atoms with Gasteiger partial charge in [-0.2, -0.15) is 0 Å². The van der Waals surface area contributed by atoms with Gasteiger partial charge in [-0.25, -0.2) is 4.79 Å². The highest BCUT2D eigenvalue weighted by Gasteiger charge is 2.05. The number of carbonyl (C=O) groups excluding carboxylic acids is 1. The Morgan fingerprint density at radius 3 is 2.58 bits per heavy atom. The van der Waals surface area contributed by atoms with E-state index in [9.17, 15) is 14.9 Å². The van der Waals surface area contributed by atoms with Gasteiger partial charge in [0.2, 0.25) is 0 Å². The van der Waals surface area contributed by atoms with Crippen molar-refractivity contribution in [2.75, 3.05) is 14.2 Å². The third kappa shape index (κ3) is 5.52. The molecule has 0 N–H and O–H groups in total. The molecule has 0 amide bonds. The van der Waals surface area contributed by atoms with Crippen LogP contribution in [0.2, 0.25) is 0 Å². The summed E-state index contributed by atoms with van der Waals surface area (Å²) in [5.74, 6) is 0.797. The third-order valence-corrected chi connectivity index (χ3v) is 3.27. The molecule has 0 saturated carbocycles. The lowest BCUT2D eigenvalue weighted by Gasteiger charge is -2.07. The van der Waals surface area contributed by atoms with Gasteiger partial charge in [0, 0.05) is 6.08 Å². The fraction of sp³-hybridized carbons (Fsp3) is 0.167. The van der Waals surface area contributed by atoms with Crippen molar-refractivity contribution in [1.29, 1.82) is 0 Å². The topological polar surface area (TPSA) is 97.1 Å². The normalized spacial score (nSPS) is 10.4. The molecule has 26 heavy (non-hydrogen) atoms. The van der Waals surface area contributed by atoms with E-state index in [1.54, 1.807) is 42.5 Å². The Hall–Kier alpha value is -3.55. The molecule has 0 bridgehead atoms. The molecular formula is C18H17NO7. The van der Waals surface area contributed by atoms with Gasteiger partial charge in [-0.1, -0.05) is 18.2 Å². The first-order chi connectivity index (χ1) is 12.5. The predicted molar refractivity (Wildman–Crippen MR) is 92.4 cm³/mol. The van der Waals surface area contributed by atoms with Gasteiger partial charge in [0.05, 0.1) is 14.2 Å². The zero-order chi connectivity index (χ0) is 18.9. The maximum absolute atomic E-state index is 11.9. The summed E-state index contributed by atoms with van der Waals surface area (Å²) < 4.78 is 15.5. The summed E-state index contributed by atoms with van der Waals surface area (Å²) in [5, 5.41) is 9.33. The van der Waals surface area contributed by atoms with Crippen molar-refractivity contribution in [3.8, 4) is 17.2 Å². The van der Waals surface area contributed by atoms with Gasteiger partial charge in [-0.15, -0.1) is 10.1 Å². The number of hydrogen-bond donors (Lipinski definition) is 0. The number of rotatable bonds is 8. The Bertz CT molecular complexity index is 817. The predicted octanol–water partition coefficient (Wildman–Crippen LogP) is 3.03. The number of methoxy groups -OCH3 is 2. The Labute approximate surface area is 149 Å². The quantitative estimate of drug-likeness (QED) is 0.235. The van der Waals surface area contributed by atoms with E-state index in [0.29, 0.717) is 17.1 Å². The van der Waals surface area contributed by atoms with Crippen LogP contribution in [0.3, 0.4) is 0 Å². The molecule has 2 aromatic carbocycles. The van der Waals surface area contributed by atoms with Crippen LogP contribution in [0.15, 0.2) is 48.5 Å². The van der Waals surface area contributed by atoms with Gasteiger partial charge in [0.15, 0.2) is 11.5 Å². The standard InChI is InChI=1S/C18H17NO7/c1-23-16-8-6-13(11-17(16)24-2)7-9-18(20)26-15-5-3-4-14(10-15)12-25-19(21)22/h3-11H,12H2,1-2H3/b9-7+. The van der Waals surface area contributed by atoms with Crippen molar-refractivity contribution in [1.82, 2.24) is 0 Å². The van der Waals surface area contributed by atoms with E-state index in [2.05, 4.69) is 4.84 Å². The van der Waals surface area contributed by atoms with Crippen LogP contribution in [-0.2, 0) is 16.2 Å². The molecular weight excluding hydrogens is 342 g/mol. The largest absolute Gasteiger partial charge is 0.493 e. The van der Waals surface area contributed by atoms with E-state index in [-0.39, 0.29) is 12.4 Å². The van der Waals surface area contributed by atoms with Gasteiger partial charge in [-0.3, -0.25) is 0 Å². The fourth-order valence-electron chi connectivity index (χ4n) is 2.10. The second-order valence-corrected chi connectivity index (χ2v) is 5.01. The van der Waals surface area contributed by atoms with E-state index in [1.165, 1.54) is 26.4 Å². The zero-order valence-electron chi connectivity index (χ0n) is 14.2. The minimum atomic E-state index is -0.884. The maximum Gasteiger partial charge on any atom is 0.336 e. The van der Waals surface area contributed by atoms with Gasteiger partial charge >= 0.3 is 5.97 Å². The Morgan fingerprint density at radius 2 is 1.88 bits per heavy atom. The molecule has 0 aliphatic carbocycles. The minimum Gasteiger partial charge on any atom is -0.493 e. The van der Waals surface area contributed by atoms with Crippen molar-refractivity contribution in [2.24, 2.45) is 0 Å². The van der Waals surface area contributed by atoms with E-state index in [0.717, 1.165) is 5.56 Å². The molecule has 0 fully saturated rings. The van der Waals surface area contributed by atoms with Gasteiger partial charge in [0.25, 0.3) is 5.09 Å². The van der Waals surface area contributed by atoms with Crippen LogP contribution in [0, 0.1) is 10.1 Å². The summed E-state index contributed by atoms with van der Waals surface area (Å²) in [7, 11) is 3.06. The zero-order valence-corrected chi connectivity index (χ0v) is 14.2. The number of carbonyl (C=O) groups is 1. The first-order valence-corrected chi connectivity index (χ1v) is 7.50.